The molecule has 0 atom stereocenters. The lowest BCUT2D eigenvalue weighted by Crippen LogP contribution is -2.28. The molecule has 5 nitrogen and oxygen atoms in total. The van der Waals surface area contributed by atoms with Crippen LogP contribution in [0.15, 0.2) is 18.2 Å². The first-order chi connectivity index (χ1) is 9.54. The topological polar surface area (TPSA) is 76.4 Å². The van der Waals surface area contributed by atoms with Gasteiger partial charge in [0.15, 0.2) is 0 Å². The van der Waals surface area contributed by atoms with Crippen molar-refractivity contribution in [2.24, 2.45) is 11.8 Å². The molecule has 6 heteroatoms. The van der Waals surface area contributed by atoms with E-state index in [1.807, 2.05) is 0 Å². The molecule has 1 rings (SSSR count). The number of anilines is 1. The summed E-state index contributed by atoms with van der Waals surface area (Å²) in [5.41, 5.74) is 3.43. The van der Waals surface area contributed by atoms with Gasteiger partial charge >= 0.3 is 0 Å². The second kappa shape index (κ2) is 8.79. The lowest BCUT2D eigenvalue weighted by Gasteiger charge is -2.11. The van der Waals surface area contributed by atoms with E-state index in [9.17, 15) is 4.79 Å². The smallest absolute Gasteiger partial charge is 0.253 e. The molecule has 0 saturated carbocycles. The van der Waals surface area contributed by atoms with Crippen molar-refractivity contribution < 1.29 is 9.53 Å². The van der Waals surface area contributed by atoms with Crippen molar-refractivity contribution in [3.8, 4) is 0 Å². The predicted molar refractivity (Wildman–Crippen MR) is 81.9 cm³/mol. The fourth-order valence-corrected chi connectivity index (χ4v) is 1.76. The van der Waals surface area contributed by atoms with Gasteiger partial charge in [-0.05, 0) is 30.5 Å². The molecule has 0 heterocycles. The van der Waals surface area contributed by atoms with Crippen LogP contribution in [0.4, 0.5) is 5.69 Å². The Hall–Kier alpha value is -1.30. The number of carbonyl (C=O) groups excluding carboxylic acids is 1. The number of nitrogens with two attached hydrogens (primary N) is 1. The summed E-state index contributed by atoms with van der Waals surface area (Å²) < 4.78 is 5.43. The van der Waals surface area contributed by atoms with Gasteiger partial charge in [-0.1, -0.05) is 25.4 Å². The van der Waals surface area contributed by atoms with Crippen LogP contribution in [-0.4, -0.2) is 25.7 Å². The van der Waals surface area contributed by atoms with Crippen LogP contribution >= 0.6 is 11.6 Å². The number of amides is 1. The summed E-state index contributed by atoms with van der Waals surface area (Å²) in [7, 11) is 0. The largest absolute Gasteiger partial charge is 0.380 e. The van der Waals surface area contributed by atoms with E-state index in [4.69, 9.17) is 22.2 Å². The molecule has 4 N–H and O–H groups in total. The molecule has 0 bridgehead atoms. The van der Waals surface area contributed by atoms with Gasteiger partial charge in [0, 0.05) is 18.2 Å². The van der Waals surface area contributed by atoms with Crippen LogP contribution in [0.3, 0.4) is 0 Å². The first kappa shape index (κ1) is 16.8. The van der Waals surface area contributed by atoms with Crippen LogP contribution in [0.1, 0.15) is 30.6 Å². The molecular formula is C14H22ClN3O2. The number of hydrazine groups is 1. The molecular weight excluding hydrogens is 278 g/mol. The Bertz CT molecular complexity index is 438. The zero-order valence-electron chi connectivity index (χ0n) is 11.9. The number of halogens is 1. The summed E-state index contributed by atoms with van der Waals surface area (Å²) in [6, 6.07) is 4.91. The molecule has 0 spiro atoms. The van der Waals surface area contributed by atoms with Crippen LogP contribution in [0, 0.1) is 5.92 Å². The van der Waals surface area contributed by atoms with Crippen molar-refractivity contribution in [2.45, 2.75) is 20.3 Å². The van der Waals surface area contributed by atoms with E-state index in [1.165, 1.54) is 0 Å². The zero-order valence-corrected chi connectivity index (χ0v) is 12.7. The fourth-order valence-electron chi connectivity index (χ4n) is 1.58. The van der Waals surface area contributed by atoms with Crippen LogP contribution in [0.2, 0.25) is 5.02 Å². The Morgan fingerprint density at radius 3 is 2.80 bits per heavy atom. The number of rotatable bonds is 8. The number of nitrogens with one attached hydrogen (secondary N) is 2. The number of nitrogen functional groups attached to an aromatic ring is 1. The maximum Gasteiger partial charge on any atom is 0.253 e. The number of hydrogen-bond donors (Lipinski definition) is 3. The molecule has 112 valence electrons. The Labute approximate surface area is 124 Å². The summed E-state index contributed by atoms with van der Waals surface area (Å²) in [4.78, 5) is 12.0. The first-order valence-corrected chi connectivity index (χ1v) is 7.04. The lowest BCUT2D eigenvalue weighted by molar-refractivity contribution is 0.0906. The zero-order chi connectivity index (χ0) is 15.0. The van der Waals surface area contributed by atoms with E-state index < -0.39 is 0 Å². The molecule has 20 heavy (non-hydrogen) atoms. The highest BCUT2D eigenvalue weighted by molar-refractivity contribution is 6.31. The number of benzene rings is 1. The number of ether oxygens (including phenoxy) is 1. The molecule has 0 unspecified atom stereocenters. The van der Waals surface area contributed by atoms with Crippen molar-refractivity contribution in [1.82, 2.24) is 5.32 Å². The van der Waals surface area contributed by atoms with E-state index >= 15 is 0 Å². The van der Waals surface area contributed by atoms with Gasteiger partial charge in [0.05, 0.1) is 17.9 Å². The second-order valence-electron chi connectivity index (χ2n) is 4.89. The molecule has 0 aliphatic heterocycles. The molecule has 0 fully saturated rings. The summed E-state index contributed by atoms with van der Waals surface area (Å²) in [6.45, 7) is 5.94. The quantitative estimate of drug-likeness (QED) is 0.391. The van der Waals surface area contributed by atoms with Crippen molar-refractivity contribution in [3.05, 3.63) is 28.8 Å². The Morgan fingerprint density at radius 2 is 2.15 bits per heavy atom. The molecule has 0 aliphatic carbocycles. The molecule has 0 radical (unpaired) electrons. The second-order valence-corrected chi connectivity index (χ2v) is 5.32. The summed E-state index contributed by atoms with van der Waals surface area (Å²) in [5.74, 6) is 5.75. The van der Waals surface area contributed by atoms with E-state index in [0.717, 1.165) is 6.42 Å². The van der Waals surface area contributed by atoms with Gasteiger partial charge in [-0.2, -0.15) is 0 Å². The third-order valence-corrected chi connectivity index (χ3v) is 2.99. The molecule has 0 saturated heterocycles. The Kier molecular flexibility index (Phi) is 7.36. The summed E-state index contributed by atoms with van der Waals surface area (Å²) in [6.07, 6.45) is 1.02. The van der Waals surface area contributed by atoms with Crippen LogP contribution < -0.4 is 16.6 Å². The maximum absolute atomic E-state index is 12.0. The van der Waals surface area contributed by atoms with Crippen molar-refractivity contribution in [1.29, 1.82) is 0 Å². The monoisotopic (exact) mass is 299 g/mol. The molecule has 1 aromatic rings. The van der Waals surface area contributed by atoms with Gasteiger partial charge in [0.25, 0.3) is 5.91 Å². The van der Waals surface area contributed by atoms with Crippen molar-refractivity contribution in [3.63, 3.8) is 0 Å². The highest BCUT2D eigenvalue weighted by atomic mass is 35.5. The van der Waals surface area contributed by atoms with Gasteiger partial charge in [0.1, 0.15) is 0 Å². The molecule has 1 amide bonds. The normalized spacial score (nSPS) is 10.7. The van der Waals surface area contributed by atoms with Gasteiger partial charge in [0.2, 0.25) is 0 Å². The number of hydrogen-bond acceptors (Lipinski definition) is 4. The third kappa shape index (κ3) is 5.77. The standard InChI is InChI=1S/C14H22ClN3O2/c1-10(2)5-7-20-8-6-17-14(19)12-9-11(15)3-4-13(12)18-16/h3-4,9-10,18H,5-8,16H2,1-2H3,(H,17,19). The van der Waals surface area contributed by atoms with Crippen molar-refractivity contribution >= 4 is 23.2 Å². The summed E-state index contributed by atoms with van der Waals surface area (Å²) >= 11 is 5.88. The van der Waals surface area contributed by atoms with Gasteiger partial charge in [-0.25, -0.2) is 0 Å². The third-order valence-electron chi connectivity index (χ3n) is 2.75. The van der Waals surface area contributed by atoms with E-state index in [-0.39, 0.29) is 5.91 Å². The SMILES string of the molecule is CC(C)CCOCCNC(=O)c1cc(Cl)ccc1NN. The minimum atomic E-state index is -0.229. The van der Waals surface area contributed by atoms with E-state index in [1.54, 1.807) is 18.2 Å². The van der Waals surface area contributed by atoms with Crippen LogP contribution in [-0.2, 0) is 4.74 Å². The van der Waals surface area contributed by atoms with Gasteiger partial charge < -0.3 is 15.5 Å². The average molecular weight is 300 g/mol. The van der Waals surface area contributed by atoms with Crippen LogP contribution in [0.5, 0.6) is 0 Å². The first-order valence-electron chi connectivity index (χ1n) is 6.66. The van der Waals surface area contributed by atoms with E-state index in [0.29, 0.717) is 41.9 Å². The van der Waals surface area contributed by atoms with Gasteiger partial charge in [-0.3, -0.25) is 10.6 Å². The van der Waals surface area contributed by atoms with E-state index in [2.05, 4.69) is 24.6 Å². The maximum atomic E-state index is 12.0. The average Bonchev–Trinajstić information content (AvgIpc) is 2.42. The molecule has 0 aromatic heterocycles. The van der Waals surface area contributed by atoms with Crippen molar-refractivity contribution in [2.75, 3.05) is 25.2 Å². The molecule has 1 aromatic carbocycles. The van der Waals surface area contributed by atoms with Crippen LogP contribution in [0.25, 0.3) is 0 Å². The summed E-state index contributed by atoms with van der Waals surface area (Å²) in [5, 5.41) is 3.26. The Balaban J connectivity index is 2.37. The minimum absolute atomic E-state index is 0.229. The number of carbonyl (C=O) groups is 1. The highest BCUT2D eigenvalue weighted by Crippen LogP contribution is 2.19. The highest BCUT2D eigenvalue weighted by Gasteiger charge is 2.11. The predicted octanol–water partition coefficient (Wildman–Crippen LogP) is 2.42. The minimum Gasteiger partial charge on any atom is -0.380 e. The molecule has 0 aliphatic rings. The Morgan fingerprint density at radius 1 is 1.40 bits per heavy atom. The lowest BCUT2D eigenvalue weighted by atomic mass is 10.1. The van der Waals surface area contributed by atoms with Gasteiger partial charge in [-0.15, -0.1) is 0 Å². The fraction of sp³-hybridized carbons (Fsp3) is 0.500.